The van der Waals surface area contributed by atoms with Crippen LogP contribution in [0.1, 0.15) is 51.0 Å². The molecule has 0 heterocycles. The summed E-state index contributed by atoms with van der Waals surface area (Å²) in [5.41, 5.74) is 1.38. The maximum absolute atomic E-state index is 13.1. The summed E-state index contributed by atoms with van der Waals surface area (Å²) in [7, 11) is 0. The van der Waals surface area contributed by atoms with E-state index < -0.39 is 0 Å². The van der Waals surface area contributed by atoms with Crippen molar-refractivity contribution < 1.29 is 4.39 Å². The predicted octanol–water partition coefficient (Wildman–Crippen LogP) is 5.09. The molecule has 1 saturated carbocycles. The van der Waals surface area contributed by atoms with E-state index in [0.717, 1.165) is 12.0 Å². The molecule has 0 aromatic heterocycles. The molecule has 0 atom stereocenters. The molecule has 0 bridgehead atoms. The van der Waals surface area contributed by atoms with Crippen molar-refractivity contribution in [2.24, 2.45) is 0 Å². The smallest absolute Gasteiger partial charge is 0.124 e. The van der Waals surface area contributed by atoms with Crippen LogP contribution in [0.5, 0.6) is 0 Å². The van der Waals surface area contributed by atoms with Crippen molar-refractivity contribution >= 4 is 11.6 Å². The van der Waals surface area contributed by atoms with Crippen molar-refractivity contribution in [3.05, 3.63) is 34.6 Å². The van der Waals surface area contributed by atoms with Crippen LogP contribution in [0.3, 0.4) is 0 Å². The Morgan fingerprint density at radius 2 is 2.00 bits per heavy atom. The molecule has 1 aliphatic carbocycles. The van der Waals surface area contributed by atoms with Gasteiger partial charge in [0.25, 0.3) is 0 Å². The van der Waals surface area contributed by atoms with Crippen LogP contribution in [0.4, 0.5) is 4.39 Å². The highest BCUT2D eigenvalue weighted by atomic mass is 35.5. The van der Waals surface area contributed by atoms with Gasteiger partial charge < -0.3 is 0 Å². The number of hydrogen-bond acceptors (Lipinski definition) is 0. The van der Waals surface area contributed by atoms with Crippen molar-refractivity contribution in [1.82, 2.24) is 0 Å². The molecule has 0 aliphatic heterocycles. The standard InChI is InChI=1S/C14H18ClF/c1-2-7-14(8-3-4-9-14)12-6-5-11(16)10-13(12)15/h5-6,10H,2-4,7-9H2,1H3. The van der Waals surface area contributed by atoms with E-state index in [1.165, 1.54) is 44.2 Å². The second-order valence-electron chi connectivity index (χ2n) is 4.86. The van der Waals surface area contributed by atoms with Crippen LogP contribution in [0.15, 0.2) is 18.2 Å². The van der Waals surface area contributed by atoms with Crippen molar-refractivity contribution in [3.8, 4) is 0 Å². The van der Waals surface area contributed by atoms with Crippen molar-refractivity contribution in [2.75, 3.05) is 0 Å². The van der Waals surface area contributed by atoms with Gasteiger partial charge in [0.1, 0.15) is 5.82 Å². The molecule has 0 spiro atoms. The normalized spacial score (nSPS) is 18.9. The Balaban J connectivity index is 2.38. The summed E-state index contributed by atoms with van der Waals surface area (Å²) in [5.74, 6) is -0.238. The lowest BCUT2D eigenvalue weighted by molar-refractivity contribution is 0.400. The zero-order valence-electron chi connectivity index (χ0n) is 9.73. The van der Waals surface area contributed by atoms with Gasteiger partial charge in [-0.2, -0.15) is 0 Å². The zero-order chi connectivity index (χ0) is 11.6. The summed E-state index contributed by atoms with van der Waals surface area (Å²) in [4.78, 5) is 0. The third-order valence-corrected chi connectivity index (χ3v) is 4.10. The molecule has 1 fully saturated rings. The van der Waals surface area contributed by atoms with E-state index in [4.69, 9.17) is 11.6 Å². The molecule has 1 aromatic rings. The third-order valence-electron chi connectivity index (χ3n) is 3.79. The minimum Gasteiger partial charge on any atom is -0.207 e. The molecule has 0 N–H and O–H groups in total. The van der Waals surface area contributed by atoms with E-state index in [9.17, 15) is 4.39 Å². The molecule has 16 heavy (non-hydrogen) atoms. The number of benzene rings is 1. The molecule has 0 saturated heterocycles. The Hall–Kier alpha value is -0.560. The first-order valence-corrected chi connectivity index (χ1v) is 6.51. The van der Waals surface area contributed by atoms with Gasteiger partial charge in [-0.1, -0.05) is 43.9 Å². The number of halogens is 2. The van der Waals surface area contributed by atoms with E-state index in [2.05, 4.69) is 6.92 Å². The van der Waals surface area contributed by atoms with Crippen molar-refractivity contribution in [1.29, 1.82) is 0 Å². The zero-order valence-corrected chi connectivity index (χ0v) is 10.5. The highest BCUT2D eigenvalue weighted by molar-refractivity contribution is 6.31. The highest BCUT2D eigenvalue weighted by Crippen LogP contribution is 2.46. The van der Waals surface area contributed by atoms with Crippen LogP contribution in [-0.4, -0.2) is 0 Å². The van der Waals surface area contributed by atoms with E-state index >= 15 is 0 Å². The minimum atomic E-state index is -0.238. The van der Waals surface area contributed by atoms with Crippen LogP contribution in [0, 0.1) is 5.82 Å². The number of rotatable bonds is 3. The predicted molar refractivity (Wildman–Crippen MR) is 66.5 cm³/mol. The molecule has 0 nitrogen and oxygen atoms in total. The Morgan fingerprint density at radius 3 is 2.56 bits per heavy atom. The molecule has 0 amide bonds. The quantitative estimate of drug-likeness (QED) is 0.690. The fraction of sp³-hybridized carbons (Fsp3) is 0.571. The first-order valence-electron chi connectivity index (χ1n) is 6.13. The molecule has 1 aliphatic rings. The summed E-state index contributed by atoms with van der Waals surface area (Å²) in [6.07, 6.45) is 7.27. The second-order valence-corrected chi connectivity index (χ2v) is 5.27. The van der Waals surface area contributed by atoms with Gasteiger partial charge in [-0.05, 0) is 42.4 Å². The van der Waals surface area contributed by atoms with Gasteiger partial charge in [0.15, 0.2) is 0 Å². The largest absolute Gasteiger partial charge is 0.207 e. The summed E-state index contributed by atoms with van der Waals surface area (Å²) in [6.45, 7) is 2.21. The monoisotopic (exact) mass is 240 g/mol. The van der Waals surface area contributed by atoms with Gasteiger partial charge in [-0.3, -0.25) is 0 Å². The molecule has 88 valence electrons. The molecule has 0 unspecified atom stereocenters. The maximum atomic E-state index is 13.1. The summed E-state index contributed by atoms with van der Waals surface area (Å²) < 4.78 is 13.1. The topological polar surface area (TPSA) is 0 Å². The molecular weight excluding hydrogens is 223 g/mol. The van der Waals surface area contributed by atoms with Gasteiger partial charge in [0.05, 0.1) is 0 Å². The molecular formula is C14H18ClF. The maximum Gasteiger partial charge on any atom is 0.124 e. The van der Waals surface area contributed by atoms with Gasteiger partial charge in [0.2, 0.25) is 0 Å². The van der Waals surface area contributed by atoms with Gasteiger partial charge in [0, 0.05) is 5.02 Å². The molecule has 0 radical (unpaired) electrons. The van der Waals surface area contributed by atoms with Crippen LogP contribution >= 0.6 is 11.6 Å². The summed E-state index contributed by atoms with van der Waals surface area (Å²) in [6, 6.07) is 4.88. The Kier molecular flexibility index (Phi) is 3.53. The average molecular weight is 241 g/mol. The lowest BCUT2D eigenvalue weighted by atomic mass is 9.75. The average Bonchev–Trinajstić information content (AvgIpc) is 2.67. The van der Waals surface area contributed by atoms with Crippen LogP contribution in [-0.2, 0) is 5.41 Å². The van der Waals surface area contributed by atoms with Crippen molar-refractivity contribution in [2.45, 2.75) is 50.9 Å². The lowest BCUT2D eigenvalue weighted by Crippen LogP contribution is -2.22. The molecule has 1 aromatic carbocycles. The molecule has 2 rings (SSSR count). The van der Waals surface area contributed by atoms with Gasteiger partial charge in [-0.25, -0.2) is 4.39 Å². The van der Waals surface area contributed by atoms with Crippen LogP contribution in [0.25, 0.3) is 0 Å². The van der Waals surface area contributed by atoms with Gasteiger partial charge >= 0.3 is 0 Å². The Morgan fingerprint density at radius 1 is 1.31 bits per heavy atom. The number of hydrogen-bond donors (Lipinski definition) is 0. The Bertz CT molecular complexity index is 367. The second kappa shape index (κ2) is 4.75. The van der Waals surface area contributed by atoms with Crippen LogP contribution in [0.2, 0.25) is 5.02 Å². The Labute approximate surface area is 102 Å². The lowest BCUT2D eigenvalue weighted by Gasteiger charge is -2.30. The van der Waals surface area contributed by atoms with E-state index in [1.807, 2.05) is 6.07 Å². The van der Waals surface area contributed by atoms with E-state index in [-0.39, 0.29) is 11.2 Å². The highest BCUT2D eigenvalue weighted by Gasteiger charge is 2.36. The summed E-state index contributed by atoms with van der Waals surface area (Å²) in [5, 5.41) is 0.607. The minimum absolute atomic E-state index is 0.222. The summed E-state index contributed by atoms with van der Waals surface area (Å²) >= 11 is 6.19. The third kappa shape index (κ3) is 2.10. The first-order chi connectivity index (χ1) is 7.68. The van der Waals surface area contributed by atoms with E-state index in [1.54, 1.807) is 0 Å². The SMILES string of the molecule is CCCC1(c2ccc(F)cc2Cl)CCCC1. The fourth-order valence-corrected chi connectivity index (χ4v) is 3.47. The first kappa shape index (κ1) is 11.9. The van der Waals surface area contributed by atoms with E-state index in [0.29, 0.717) is 5.02 Å². The van der Waals surface area contributed by atoms with Crippen molar-refractivity contribution in [3.63, 3.8) is 0 Å². The van der Waals surface area contributed by atoms with Crippen LogP contribution < -0.4 is 0 Å². The van der Waals surface area contributed by atoms with Gasteiger partial charge in [-0.15, -0.1) is 0 Å². The fourth-order valence-electron chi connectivity index (χ4n) is 3.10. The molecule has 2 heteroatoms.